The predicted molar refractivity (Wildman–Crippen MR) is 76.9 cm³/mol. The topological polar surface area (TPSA) is 50.3 Å². The maximum Gasteiger partial charge on any atom is 0.445 e. The minimum absolute atomic E-state index is 0.171. The van der Waals surface area contributed by atoms with E-state index in [-0.39, 0.29) is 11.2 Å². The number of anilines is 1. The molecule has 0 radical (unpaired) electrons. The van der Waals surface area contributed by atoms with Gasteiger partial charge in [-0.3, -0.25) is 0 Å². The first kappa shape index (κ1) is 15.9. The molecule has 3 heterocycles. The van der Waals surface area contributed by atoms with E-state index in [4.69, 9.17) is 4.74 Å². The fourth-order valence-electron chi connectivity index (χ4n) is 2.92. The number of nitrogens with zero attached hydrogens (tertiary/aromatic N) is 3. The molecule has 1 aromatic heterocycles. The van der Waals surface area contributed by atoms with Crippen LogP contribution in [0.25, 0.3) is 0 Å². The first-order valence-electron chi connectivity index (χ1n) is 7.48. The van der Waals surface area contributed by atoms with Gasteiger partial charge in [-0.1, -0.05) is 11.3 Å². The monoisotopic (exact) mass is 336 g/mol. The van der Waals surface area contributed by atoms with Crippen LogP contribution in [0.1, 0.15) is 24.3 Å². The van der Waals surface area contributed by atoms with Gasteiger partial charge in [0.05, 0.1) is 6.61 Å². The molecule has 0 saturated carbocycles. The second-order valence-electron chi connectivity index (χ2n) is 5.86. The molecule has 1 N–H and O–H groups in total. The van der Waals surface area contributed by atoms with E-state index in [1.165, 1.54) is 0 Å². The van der Waals surface area contributed by atoms with E-state index >= 15 is 0 Å². The number of halogens is 3. The Kier molecular flexibility index (Phi) is 4.84. The molecule has 5 nitrogen and oxygen atoms in total. The summed E-state index contributed by atoms with van der Waals surface area (Å²) in [6.07, 6.45) is -1.46. The molecule has 0 bridgehead atoms. The highest BCUT2D eigenvalue weighted by Gasteiger charge is 2.36. The zero-order valence-corrected chi connectivity index (χ0v) is 12.9. The number of hydrogen-bond donors (Lipinski definition) is 1. The molecule has 1 unspecified atom stereocenters. The summed E-state index contributed by atoms with van der Waals surface area (Å²) in [5.41, 5.74) is 0. The lowest BCUT2D eigenvalue weighted by Gasteiger charge is -2.33. The molecule has 2 aliphatic heterocycles. The zero-order valence-electron chi connectivity index (χ0n) is 12.1. The largest absolute Gasteiger partial charge is 0.445 e. The van der Waals surface area contributed by atoms with Crippen molar-refractivity contribution in [3.63, 3.8) is 0 Å². The normalized spacial score (nSPS) is 24.8. The van der Waals surface area contributed by atoms with Gasteiger partial charge in [-0.2, -0.15) is 13.2 Å². The van der Waals surface area contributed by atoms with Crippen molar-refractivity contribution in [3.8, 4) is 0 Å². The third-order valence-corrected chi connectivity index (χ3v) is 5.02. The van der Waals surface area contributed by atoms with Crippen molar-refractivity contribution in [1.29, 1.82) is 0 Å². The molecule has 1 aromatic rings. The lowest BCUT2D eigenvalue weighted by Crippen LogP contribution is -2.41. The van der Waals surface area contributed by atoms with Crippen molar-refractivity contribution >= 4 is 16.5 Å². The number of ether oxygens (including phenoxy) is 1. The smallest absolute Gasteiger partial charge is 0.381 e. The SMILES string of the molecule is FC(F)(F)c1nnc(NC2CCN(CC3CCOC3)CC2)s1. The molecular formula is C13H19F3N4OS. The number of hydrogen-bond acceptors (Lipinski definition) is 6. The van der Waals surface area contributed by atoms with Crippen LogP contribution in [0.2, 0.25) is 0 Å². The molecule has 0 aliphatic carbocycles. The first-order chi connectivity index (χ1) is 10.5. The predicted octanol–water partition coefficient (Wildman–Crippen LogP) is 2.47. The second-order valence-corrected chi connectivity index (χ2v) is 6.84. The number of likely N-dealkylation sites (tertiary alicyclic amines) is 1. The van der Waals surface area contributed by atoms with E-state index in [0.717, 1.165) is 52.1 Å². The molecule has 9 heteroatoms. The van der Waals surface area contributed by atoms with Gasteiger partial charge in [0, 0.05) is 32.3 Å². The summed E-state index contributed by atoms with van der Waals surface area (Å²) in [5.74, 6) is 0.627. The van der Waals surface area contributed by atoms with E-state index in [1.807, 2.05) is 0 Å². The lowest BCUT2D eigenvalue weighted by atomic mass is 10.0. The quantitative estimate of drug-likeness (QED) is 0.915. The Morgan fingerprint density at radius 2 is 2.00 bits per heavy atom. The highest BCUT2D eigenvalue weighted by Crippen LogP contribution is 2.33. The van der Waals surface area contributed by atoms with Crippen molar-refractivity contribution in [2.24, 2.45) is 5.92 Å². The number of alkyl halides is 3. The number of nitrogens with one attached hydrogen (secondary N) is 1. The zero-order chi connectivity index (χ0) is 15.6. The summed E-state index contributed by atoms with van der Waals surface area (Å²) in [7, 11) is 0. The fourth-order valence-corrected chi connectivity index (χ4v) is 3.61. The third-order valence-electron chi connectivity index (χ3n) is 4.12. The molecule has 2 saturated heterocycles. The van der Waals surface area contributed by atoms with Crippen LogP contribution in [0.3, 0.4) is 0 Å². The van der Waals surface area contributed by atoms with Gasteiger partial charge in [-0.15, -0.1) is 10.2 Å². The Bertz CT molecular complexity index is 482. The highest BCUT2D eigenvalue weighted by molar-refractivity contribution is 7.15. The molecule has 0 spiro atoms. The van der Waals surface area contributed by atoms with Crippen molar-refractivity contribution in [2.75, 3.05) is 38.2 Å². The van der Waals surface area contributed by atoms with Crippen LogP contribution >= 0.6 is 11.3 Å². The van der Waals surface area contributed by atoms with Gasteiger partial charge in [-0.05, 0) is 25.2 Å². The van der Waals surface area contributed by atoms with Crippen LogP contribution < -0.4 is 5.32 Å². The van der Waals surface area contributed by atoms with Gasteiger partial charge in [0.15, 0.2) is 0 Å². The minimum atomic E-state index is -4.41. The van der Waals surface area contributed by atoms with Gasteiger partial charge in [0.2, 0.25) is 10.1 Å². The van der Waals surface area contributed by atoms with E-state index in [0.29, 0.717) is 17.3 Å². The van der Waals surface area contributed by atoms with Gasteiger partial charge < -0.3 is 15.0 Å². The fraction of sp³-hybridized carbons (Fsp3) is 0.846. The Balaban J connectivity index is 1.44. The average molecular weight is 336 g/mol. The van der Waals surface area contributed by atoms with E-state index in [2.05, 4.69) is 20.4 Å². The van der Waals surface area contributed by atoms with Crippen LogP contribution in [0.5, 0.6) is 0 Å². The molecule has 0 aromatic carbocycles. The Morgan fingerprint density at radius 1 is 1.23 bits per heavy atom. The van der Waals surface area contributed by atoms with Crippen LogP contribution in [0.4, 0.5) is 18.3 Å². The number of piperidine rings is 1. The van der Waals surface area contributed by atoms with Crippen LogP contribution in [0.15, 0.2) is 0 Å². The van der Waals surface area contributed by atoms with Crippen molar-refractivity contribution < 1.29 is 17.9 Å². The van der Waals surface area contributed by atoms with Crippen LogP contribution in [-0.2, 0) is 10.9 Å². The Hall–Kier alpha value is -0.930. The molecule has 2 fully saturated rings. The molecule has 22 heavy (non-hydrogen) atoms. The molecule has 2 aliphatic rings. The van der Waals surface area contributed by atoms with E-state index < -0.39 is 11.2 Å². The van der Waals surface area contributed by atoms with Gasteiger partial charge in [0.1, 0.15) is 0 Å². The van der Waals surface area contributed by atoms with Crippen molar-refractivity contribution in [3.05, 3.63) is 5.01 Å². The first-order valence-corrected chi connectivity index (χ1v) is 8.29. The highest BCUT2D eigenvalue weighted by atomic mass is 32.1. The van der Waals surface area contributed by atoms with Crippen molar-refractivity contribution in [2.45, 2.75) is 31.5 Å². The number of aromatic nitrogens is 2. The molecule has 0 amide bonds. The summed E-state index contributed by atoms with van der Waals surface area (Å²) in [6, 6.07) is 0.171. The Morgan fingerprint density at radius 3 is 2.59 bits per heavy atom. The summed E-state index contributed by atoms with van der Waals surface area (Å²) in [4.78, 5) is 2.42. The summed E-state index contributed by atoms with van der Waals surface area (Å²) in [6.45, 7) is 4.69. The van der Waals surface area contributed by atoms with Gasteiger partial charge >= 0.3 is 6.18 Å². The molecule has 124 valence electrons. The maximum absolute atomic E-state index is 12.5. The summed E-state index contributed by atoms with van der Waals surface area (Å²) < 4.78 is 42.8. The summed E-state index contributed by atoms with van der Waals surface area (Å²) >= 11 is 0.572. The van der Waals surface area contributed by atoms with Crippen LogP contribution in [0, 0.1) is 5.92 Å². The van der Waals surface area contributed by atoms with Gasteiger partial charge in [-0.25, -0.2) is 0 Å². The third kappa shape index (κ3) is 4.08. The van der Waals surface area contributed by atoms with E-state index in [9.17, 15) is 13.2 Å². The maximum atomic E-state index is 12.5. The van der Waals surface area contributed by atoms with E-state index in [1.54, 1.807) is 0 Å². The van der Waals surface area contributed by atoms with Crippen molar-refractivity contribution in [1.82, 2.24) is 15.1 Å². The molecule has 3 rings (SSSR count). The average Bonchev–Trinajstić information content (AvgIpc) is 3.12. The number of rotatable bonds is 4. The lowest BCUT2D eigenvalue weighted by molar-refractivity contribution is -0.138. The standard InChI is InChI=1S/C13H19F3N4OS/c14-13(15,16)11-18-19-12(22-11)17-10-1-4-20(5-2-10)7-9-3-6-21-8-9/h9-10H,1-8H2,(H,17,19). The minimum Gasteiger partial charge on any atom is -0.381 e. The molecular weight excluding hydrogens is 317 g/mol. The second kappa shape index (κ2) is 6.67. The summed E-state index contributed by atoms with van der Waals surface area (Å²) in [5, 5.41) is 9.22. The Labute approximate surface area is 130 Å². The van der Waals surface area contributed by atoms with Crippen LogP contribution in [-0.4, -0.2) is 54.0 Å². The van der Waals surface area contributed by atoms with Gasteiger partial charge in [0.25, 0.3) is 0 Å². The molecule has 1 atom stereocenters.